The summed E-state index contributed by atoms with van der Waals surface area (Å²) in [5.74, 6) is -0.398. The Kier molecular flexibility index (Phi) is 8.65. The Labute approximate surface area is 292 Å². The zero-order valence-electron chi connectivity index (χ0n) is 28.0. The normalized spacial score (nSPS) is 19.9. The van der Waals surface area contributed by atoms with Crippen LogP contribution in [0.3, 0.4) is 0 Å². The molecule has 0 bridgehead atoms. The number of piperazine rings is 1. The largest absolute Gasteiger partial charge is 0.444 e. The number of imide groups is 1. The minimum absolute atomic E-state index is 0.105. The zero-order valence-corrected chi connectivity index (χ0v) is 28.0. The molecular formula is C36H37N9O6. The van der Waals surface area contributed by atoms with Crippen LogP contribution < -0.4 is 20.4 Å². The lowest BCUT2D eigenvalue weighted by Gasteiger charge is -2.33. The molecule has 0 saturated carbocycles. The van der Waals surface area contributed by atoms with E-state index < -0.39 is 12.0 Å². The average Bonchev–Trinajstić information content (AvgIpc) is 3.89. The van der Waals surface area contributed by atoms with E-state index in [1.54, 1.807) is 18.3 Å². The number of aliphatic hydroxyl groups excluding tert-OH is 1. The molecule has 5 aromatic rings. The number of hydrogen-bond acceptors (Lipinski definition) is 13. The van der Waals surface area contributed by atoms with E-state index in [1.165, 1.54) is 6.26 Å². The van der Waals surface area contributed by atoms with Gasteiger partial charge in [-0.05, 0) is 43.0 Å². The number of benzene rings is 1. The Morgan fingerprint density at radius 1 is 1.00 bits per heavy atom. The molecule has 15 nitrogen and oxygen atoms in total. The lowest BCUT2D eigenvalue weighted by Crippen LogP contribution is -2.46. The van der Waals surface area contributed by atoms with E-state index in [1.807, 2.05) is 30.0 Å². The Balaban J connectivity index is 0.949. The number of aromatic nitrogens is 4. The van der Waals surface area contributed by atoms with Crippen LogP contribution in [0.25, 0.3) is 22.7 Å². The number of pyridine rings is 2. The molecule has 3 N–H and O–H groups in total. The van der Waals surface area contributed by atoms with Crippen molar-refractivity contribution < 1.29 is 28.3 Å². The highest BCUT2D eigenvalue weighted by Crippen LogP contribution is 2.33. The second kappa shape index (κ2) is 13.6. The van der Waals surface area contributed by atoms with Gasteiger partial charge in [-0.3, -0.25) is 29.6 Å². The van der Waals surface area contributed by atoms with Crippen LogP contribution in [0.1, 0.15) is 52.5 Å². The summed E-state index contributed by atoms with van der Waals surface area (Å²) in [4.78, 5) is 61.7. The predicted molar refractivity (Wildman–Crippen MR) is 186 cm³/mol. The van der Waals surface area contributed by atoms with Crippen molar-refractivity contribution in [2.45, 2.75) is 44.8 Å². The van der Waals surface area contributed by atoms with E-state index in [4.69, 9.17) is 18.8 Å². The maximum Gasteiger partial charge on any atom is 0.300 e. The standard InChI is InChI=1S/C36H37N9O6/c1-21-16-24(8-10-37-21)35-39-28(20-50-35)34(49)38-27-17-29-31(41-32(27)45-11-9-25(46)19-45)42-36(51-29)44-14-12-43(13-15-44)18-22-2-4-23(5-3-22)26-6-7-30(47)40-33(26)48/h2-5,8,10,16-17,20,25-26,46H,6-7,9,11-15,18-19H2,1H3,(H,38,49)(H,40,47,48)/t25-,26?/m1/s1. The van der Waals surface area contributed by atoms with Crippen LogP contribution in [-0.4, -0.2) is 93.0 Å². The molecule has 51 heavy (non-hydrogen) atoms. The van der Waals surface area contributed by atoms with E-state index >= 15 is 0 Å². The van der Waals surface area contributed by atoms with E-state index in [2.05, 4.69) is 42.5 Å². The monoisotopic (exact) mass is 691 g/mol. The lowest BCUT2D eigenvalue weighted by molar-refractivity contribution is -0.134. The number of anilines is 3. The minimum Gasteiger partial charge on any atom is -0.444 e. The number of β-amino-alcohol motifs (C(OH)–C–C–N with tert-alkyl or cyclic N) is 1. The summed E-state index contributed by atoms with van der Waals surface area (Å²) < 4.78 is 11.8. The van der Waals surface area contributed by atoms with Crippen molar-refractivity contribution in [3.8, 4) is 11.5 Å². The van der Waals surface area contributed by atoms with Crippen LogP contribution >= 0.6 is 0 Å². The number of carbonyl (C=O) groups excluding carboxylic acids is 3. The number of carbonyl (C=O) groups is 3. The summed E-state index contributed by atoms with van der Waals surface area (Å²) in [6.07, 6.45) is 3.95. The van der Waals surface area contributed by atoms with Crippen LogP contribution in [0.15, 0.2) is 63.8 Å². The molecule has 7 heterocycles. The first-order valence-corrected chi connectivity index (χ1v) is 17.1. The van der Waals surface area contributed by atoms with Crippen molar-refractivity contribution in [2.24, 2.45) is 0 Å². The number of aliphatic hydroxyl groups is 1. The third-order valence-electron chi connectivity index (χ3n) is 9.61. The third-order valence-corrected chi connectivity index (χ3v) is 9.61. The van der Waals surface area contributed by atoms with Crippen molar-refractivity contribution in [1.82, 2.24) is 30.2 Å². The zero-order chi connectivity index (χ0) is 35.1. The highest BCUT2D eigenvalue weighted by atomic mass is 16.4. The van der Waals surface area contributed by atoms with Crippen LogP contribution in [-0.2, 0) is 16.1 Å². The van der Waals surface area contributed by atoms with Gasteiger partial charge in [0.25, 0.3) is 11.9 Å². The molecule has 15 heteroatoms. The van der Waals surface area contributed by atoms with Crippen molar-refractivity contribution in [2.75, 3.05) is 54.4 Å². The van der Waals surface area contributed by atoms with Crippen LogP contribution in [0.5, 0.6) is 0 Å². The van der Waals surface area contributed by atoms with Crippen LogP contribution in [0.2, 0.25) is 0 Å². The first kappa shape index (κ1) is 32.5. The number of nitrogens with zero attached hydrogens (tertiary/aromatic N) is 7. The number of rotatable bonds is 8. The molecule has 8 rings (SSSR count). The Morgan fingerprint density at radius 2 is 1.82 bits per heavy atom. The van der Waals surface area contributed by atoms with Gasteiger partial charge >= 0.3 is 0 Å². The van der Waals surface area contributed by atoms with Gasteiger partial charge in [0.1, 0.15) is 6.26 Å². The Morgan fingerprint density at radius 3 is 2.57 bits per heavy atom. The topological polar surface area (TPSA) is 183 Å². The van der Waals surface area contributed by atoms with E-state index in [0.29, 0.717) is 85.6 Å². The molecule has 3 aliphatic rings. The highest BCUT2D eigenvalue weighted by molar-refractivity contribution is 6.05. The lowest BCUT2D eigenvalue weighted by atomic mass is 9.90. The van der Waals surface area contributed by atoms with Crippen molar-refractivity contribution in [3.63, 3.8) is 0 Å². The van der Waals surface area contributed by atoms with Gasteiger partial charge in [0.2, 0.25) is 23.4 Å². The maximum absolute atomic E-state index is 13.4. The van der Waals surface area contributed by atoms with E-state index in [-0.39, 0.29) is 23.4 Å². The van der Waals surface area contributed by atoms with E-state index in [9.17, 15) is 19.5 Å². The maximum atomic E-state index is 13.4. The second-order valence-electron chi connectivity index (χ2n) is 13.3. The first-order chi connectivity index (χ1) is 24.8. The summed E-state index contributed by atoms with van der Waals surface area (Å²) in [5, 5.41) is 15.6. The molecule has 3 saturated heterocycles. The van der Waals surface area contributed by atoms with Gasteiger partial charge in [-0.25, -0.2) is 9.97 Å². The quantitative estimate of drug-likeness (QED) is 0.202. The summed E-state index contributed by atoms with van der Waals surface area (Å²) in [6.45, 7) is 6.55. The van der Waals surface area contributed by atoms with Gasteiger partial charge in [0.05, 0.1) is 17.7 Å². The molecular weight excluding hydrogens is 654 g/mol. The summed E-state index contributed by atoms with van der Waals surface area (Å²) in [6, 6.07) is 13.8. The van der Waals surface area contributed by atoms with Gasteiger partial charge < -0.3 is 29.1 Å². The van der Waals surface area contributed by atoms with Gasteiger partial charge in [-0.1, -0.05) is 24.3 Å². The number of nitrogens with one attached hydrogen (secondary N) is 2. The number of fused-ring (bicyclic) bond motifs is 1. The number of hydrogen-bond donors (Lipinski definition) is 3. The van der Waals surface area contributed by atoms with Gasteiger partial charge in [0, 0.05) is 75.8 Å². The molecule has 3 aliphatic heterocycles. The van der Waals surface area contributed by atoms with Crippen molar-refractivity contribution in [3.05, 3.63) is 77.4 Å². The van der Waals surface area contributed by atoms with Gasteiger partial charge in [-0.15, -0.1) is 0 Å². The second-order valence-corrected chi connectivity index (χ2v) is 13.3. The number of amides is 3. The third kappa shape index (κ3) is 6.90. The number of oxazole rings is 2. The average molecular weight is 692 g/mol. The predicted octanol–water partition coefficient (Wildman–Crippen LogP) is 3.25. The molecule has 0 aliphatic carbocycles. The fraction of sp³-hybridized carbons (Fsp3) is 0.361. The summed E-state index contributed by atoms with van der Waals surface area (Å²) in [5.41, 5.74) is 4.95. The van der Waals surface area contributed by atoms with Crippen molar-refractivity contribution in [1.29, 1.82) is 0 Å². The van der Waals surface area contributed by atoms with Gasteiger partial charge in [-0.2, -0.15) is 4.98 Å². The molecule has 2 atom stereocenters. The van der Waals surface area contributed by atoms with Crippen LogP contribution in [0.4, 0.5) is 17.5 Å². The molecule has 0 radical (unpaired) electrons. The van der Waals surface area contributed by atoms with Gasteiger partial charge in [0.15, 0.2) is 17.1 Å². The smallest absolute Gasteiger partial charge is 0.300 e. The summed E-state index contributed by atoms with van der Waals surface area (Å²) >= 11 is 0. The molecule has 4 aromatic heterocycles. The highest BCUT2D eigenvalue weighted by Gasteiger charge is 2.29. The molecule has 1 unspecified atom stereocenters. The minimum atomic E-state index is -0.500. The van der Waals surface area contributed by atoms with Crippen LogP contribution in [0, 0.1) is 6.92 Å². The molecule has 3 amide bonds. The fourth-order valence-electron chi connectivity index (χ4n) is 6.84. The molecule has 262 valence electrons. The molecule has 1 aromatic carbocycles. The molecule has 0 spiro atoms. The van der Waals surface area contributed by atoms with E-state index in [0.717, 1.165) is 36.5 Å². The summed E-state index contributed by atoms with van der Waals surface area (Å²) in [7, 11) is 0. The number of aryl methyl sites for hydroxylation is 1. The fourth-order valence-corrected chi connectivity index (χ4v) is 6.84. The molecule has 3 fully saturated rings. The van der Waals surface area contributed by atoms with Crippen molar-refractivity contribution >= 4 is 46.5 Å². The number of piperidine rings is 1. The Hall–Kier alpha value is -5.67. The first-order valence-electron chi connectivity index (χ1n) is 17.1. The Bertz CT molecular complexity index is 2100. The SMILES string of the molecule is Cc1cc(-c2nc(C(=O)Nc3cc4oc(N5CCN(Cc6ccc(C7CCC(=O)NC7=O)cc6)CC5)nc4nc3N3CC[C@@H](O)C3)co2)ccn1.